The Morgan fingerprint density at radius 2 is 2.47 bits per heavy atom. The highest BCUT2D eigenvalue weighted by atomic mass is 79.9. The standard InChI is InChI=1S/C10H14BrN3O/c11-8-1-2-9(13-5-8)6-14-3-4-15-7-10(14)12/h1-2,5,10H,3-4,6-7,12H2. The third-order valence-electron chi connectivity index (χ3n) is 2.43. The molecule has 0 radical (unpaired) electrons. The number of ether oxygens (including phenoxy) is 1. The highest BCUT2D eigenvalue weighted by molar-refractivity contribution is 9.10. The van der Waals surface area contributed by atoms with Crippen LogP contribution in [-0.4, -0.2) is 35.8 Å². The van der Waals surface area contributed by atoms with E-state index in [4.69, 9.17) is 10.5 Å². The first kappa shape index (κ1) is 11.0. The molecule has 0 saturated carbocycles. The van der Waals surface area contributed by atoms with E-state index in [2.05, 4.69) is 25.8 Å². The van der Waals surface area contributed by atoms with Crippen molar-refractivity contribution in [3.8, 4) is 0 Å². The maximum Gasteiger partial charge on any atom is 0.0817 e. The largest absolute Gasteiger partial charge is 0.377 e. The van der Waals surface area contributed by atoms with Gasteiger partial charge in [0.1, 0.15) is 0 Å². The van der Waals surface area contributed by atoms with Crippen molar-refractivity contribution in [3.63, 3.8) is 0 Å². The summed E-state index contributed by atoms with van der Waals surface area (Å²) in [5.41, 5.74) is 6.96. The van der Waals surface area contributed by atoms with Crippen molar-refractivity contribution in [2.24, 2.45) is 5.73 Å². The second kappa shape index (κ2) is 5.03. The van der Waals surface area contributed by atoms with Gasteiger partial charge in [-0.15, -0.1) is 0 Å². The van der Waals surface area contributed by atoms with Crippen LogP contribution in [0, 0.1) is 0 Å². The van der Waals surface area contributed by atoms with E-state index < -0.39 is 0 Å². The monoisotopic (exact) mass is 271 g/mol. The first-order valence-corrected chi connectivity index (χ1v) is 5.73. The maximum absolute atomic E-state index is 5.92. The molecule has 1 fully saturated rings. The van der Waals surface area contributed by atoms with Gasteiger partial charge in [0.25, 0.3) is 0 Å². The first-order valence-electron chi connectivity index (χ1n) is 4.93. The lowest BCUT2D eigenvalue weighted by Gasteiger charge is -2.32. The van der Waals surface area contributed by atoms with Gasteiger partial charge in [0.15, 0.2) is 0 Å². The minimum Gasteiger partial charge on any atom is -0.377 e. The van der Waals surface area contributed by atoms with E-state index in [1.165, 1.54) is 0 Å². The third-order valence-corrected chi connectivity index (χ3v) is 2.90. The molecule has 1 unspecified atom stereocenters. The Bertz CT molecular complexity index is 317. The van der Waals surface area contributed by atoms with Crippen molar-refractivity contribution in [3.05, 3.63) is 28.5 Å². The predicted molar refractivity (Wildman–Crippen MR) is 61.1 cm³/mol. The van der Waals surface area contributed by atoms with Crippen molar-refractivity contribution in [1.82, 2.24) is 9.88 Å². The Kier molecular flexibility index (Phi) is 3.69. The zero-order chi connectivity index (χ0) is 10.7. The van der Waals surface area contributed by atoms with Gasteiger partial charge in [-0.2, -0.15) is 0 Å². The van der Waals surface area contributed by atoms with Gasteiger partial charge in [0, 0.05) is 23.8 Å². The minimum absolute atomic E-state index is 0.0100. The van der Waals surface area contributed by atoms with Crippen LogP contribution in [0.25, 0.3) is 0 Å². The molecule has 2 rings (SSSR count). The molecule has 1 aromatic heterocycles. The van der Waals surface area contributed by atoms with Crippen LogP contribution in [0.3, 0.4) is 0 Å². The van der Waals surface area contributed by atoms with Gasteiger partial charge in [-0.3, -0.25) is 9.88 Å². The van der Waals surface area contributed by atoms with Crippen LogP contribution in [0.2, 0.25) is 0 Å². The van der Waals surface area contributed by atoms with Gasteiger partial charge < -0.3 is 10.5 Å². The summed E-state index contributed by atoms with van der Waals surface area (Å²) in [7, 11) is 0. The molecule has 1 aliphatic rings. The summed E-state index contributed by atoms with van der Waals surface area (Å²) in [5.74, 6) is 0. The number of halogens is 1. The minimum atomic E-state index is -0.0100. The molecule has 0 amide bonds. The molecule has 0 aliphatic carbocycles. The summed E-state index contributed by atoms with van der Waals surface area (Å²) < 4.78 is 6.27. The smallest absolute Gasteiger partial charge is 0.0817 e. The summed E-state index contributed by atoms with van der Waals surface area (Å²) in [5, 5.41) is 0. The van der Waals surface area contributed by atoms with E-state index in [9.17, 15) is 0 Å². The number of pyridine rings is 1. The number of aromatic nitrogens is 1. The number of nitrogens with zero attached hydrogens (tertiary/aromatic N) is 2. The van der Waals surface area contributed by atoms with Crippen LogP contribution in [0.15, 0.2) is 22.8 Å². The Morgan fingerprint density at radius 1 is 1.60 bits per heavy atom. The quantitative estimate of drug-likeness (QED) is 0.871. The summed E-state index contributed by atoms with van der Waals surface area (Å²) >= 11 is 3.36. The molecule has 15 heavy (non-hydrogen) atoms. The van der Waals surface area contributed by atoms with E-state index in [0.717, 1.165) is 29.9 Å². The van der Waals surface area contributed by atoms with Gasteiger partial charge in [0.05, 0.1) is 25.1 Å². The molecule has 0 bridgehead atoms. The first-order chi connectivity index (χ1) is 7.25. The van der Waals surface area contributed by atoms with Crippen LogP contribution in [0.5, 0.6) is 0 Å². The number of rotatable bonds is 2. The van der Waals surface area contributed by atoms with Gasteiger partial charge >= 0.3 is 0 Å². The van der Waals surface area contributed by atoms with Crippen molar-refractivity contribution < 1.29 is 4.74 Å². The molecule has 2 N–H and O–H groups in total. The van der Waals surface area contributed by atoms with Gasteiger partial charge in [0.2, 0.25) is 0 Å². The topological polar surface area (TPSA) is 51.4 Å². The molecule has 1 aliphatic heterocycles. The summed E-state index contributed by atoms with van der Waals surface area (Å²) in [6.07, 6.45) is 1.80. The van der Waals surface area contributed by atoms with Crippen LogP contribution in [0.1, 0.15) is 5.69 Å². The highest BCUT2D eigenvalue weighted by Crippen LogP contribution is 2.11. The van der Waals surface area contributed by atoms with Crippen molar-refractivity contribution in [2.75, 3.05) is 19.8 Å². The van der Waals surface area contributed by atoms with E-state index in [-0.39, 0.29) is 6.17 Å². The van der Waals surface area contributed by atoms with Crippen LogP contribution < -0.4 is 5.73 Å². The van der Waals surface area contributed by atoms with Crippen LogP contribution >= 0.6 is 15.9 Å². The highest BCUT2D eigenvalue weighted by Gasteiger charge is 2.19. The SMILES string of the molecule is NC1COCCN1Cc1ccc(Br)cn1. The van der Waals surface area contributed by atoms with E-state index in [1.54, 1.807) is 6.20 Å². The average Bonchev–Trinajstić information content (AvgIpc) is 2.25. The maximum atomic E-state index is 5.92. The summed E-state index contributed by atoms with van der Waals surface area (Å²) in [6, 6.07) is 4.00. The second-order valence-corrected chi connectivity index (χ2v) is 4.50. The lowest BCUT2D eigenvalue weighted by molar-refractivity contribution is -0.00956. The van der Waals surface area contributed by atoms with E-state index >= 15 is 0 Å². The molecule has 5 heteroatoms. The summed E-state index contributed by atoms with van der Waals surface area (Å²) in [4.78, 5) is 6.50. The normalized spacial score (nSPS) is 22.9. The Hall–Kier alpha value is -0.490. The zero-order valence-corrected chi connectivity index (χ0v) is 9.98. The van der Waals surface area contributed by atoms with E-state index in [0.29, 0.717) is 6.61 Å². The molecule has 0 aromatic carbocycles. The third kappa shape index (κ3) is 2.98. The Balaban J connectivity index is 1.98. The van der Waals surface area contributed by atoms with Crippen molar-refractivity contribution >= 4 is 15.9 Å². The van der Waals surface area contributed by atoms with Gasteiger partial charge in [-0.1, -0.05) is 0 Å². The Morgan fingerprint density at radius 3 is 3.13 bits per heavy atom. The molecular weight excluding hydrogens is 258 g/mol. The van der Waals surface area contributed by atoms with Gasteiger partial charge in [-0.05, 0) is 28.1 Å². The Labute approximate surface area is 97.6 Å². The van der Waals surface area contributed by atoms with E-state index in [1.807, 2.05) is 12.1 Å². The van der Waals surface area contributed by atoms with Crippen molar-refractivity contribution in [2.45, 2.75) is 12.7 Å². The predicted octanol–water partition coefficient (Wildman–Crippen LogP) is 0.961. The fourth-order valence-corrected chi connectivity index (χ4v) is 1.80. The second-order valence-electron chi connectivity index (χ2n) is 3.58. The molecular formula is C10H14BrN3O. The lowest BCUT2D eigenvalue weighted by Crippen LogP contribution is -2.50. The number of nitrogens with two attached hydrogens (primary N) is 1. The molecule has 4 nitrogen and oxygen atoms in total. The molecule has 82 valence electrons. The molecule has 1 atom stereocenters. The zero-order valence-electron chi connectivity index (χ0n) is 8.40. The summed E-state index contributed by atoms with van der Waals surface area (Å²) in [6.45, 7) is 3.03. The molecule has 1 aromatic rings. The van der Waals surface area contributed by atoms with Crippen LogP contribution in [-0.2, 0) is 11.3 Å². The molecule has 1 saturated heterocycles. The average molecular weight is 272 g/mol. The fraction of sp³-hybridized carbons (Fsp3) is 0.500. The lowest BCUT2D eigenvalue weighted by atomic mass is 10.3. The molecule has 2 heterocycles. The molecule has 0 spiro atoms. The van der Waals surface area contributed by atoms with Crippen LogP contribution in [0.4, 0.5) is 0 Å². The number of hydrogen-bond donors (Lipinski definition) is 1. The fourth-order valence-electron chi connectivity index (χ4n) is 1.56. The number of hydrogen-bond acceptors (Lipinski definition) is 4. The number of morpholine rings is 1. The van der Waals surface area contributed by atoms with Gasteiger partial charge in [-0.25, -0.2) is 0 Å². The van der Waals surface area contributed by atoms with Crippen molar-refractivity contribution in [1.29, 1.82) is 0 Å².